The van der Waals surface area contributed by atoms with Gasteiger partial charge in [0.05, 0.1) is 8.66 Å². The molecule has 2 rings (SSSR count). The van der Waals surface area contributed by atoms with Gasteiger partial charge in [0.25, 0.3) is 5.91 Å². The van der Waals surface area contributed by atoms with Gasteiger partial charge in [-0.05, 0) is 52.7 Å². The molecule has 0 aromatic carbocycles. The van der Waals surface area contributed by atoms with E-state index in [2.05, 4.69) is 28.2 Å². The summed E-state index contributed by atoms with van der Waals surface area (Å²) in [5.41, 5.74) is 0.393. The Kier molecular flexibility index (Phi) is 3.70. The average Bonchev–Trinajstić information content (AvgIpc) is 2.64. The Morgan fingerprint density at radius 1 is 1.56 bits per heavy atom. The van der Waals surface area contributed by atoms with Gasteiger partial charge in [-0.2, -0.15) is 0 Å². The molecule has 1 amide bonds. The van der Waals surface area contributed by atoms with E-state index in [0.29, 0.717) is 5.41 Å². The molecule has 16 heavy (non-hydrogen) atoms. The van der Waals surface area contributed by atoms with Gasteiger partial charge in [0.2, 0.25) is 0 Å². The maximum absolute atomic E-state index is 11.8. The van der Waals surface area contributed by atoms with Crippen LogP contribution in [-0.2, 0) is 0 Å². The number of nitrogens with one attached hydrogen (secondary N) is 1. The van der Waals surface area contributed by atoms with Crippen molar-refractivity contribution in [2.24, 2.45) is 5.41 Å². The summed E-state index contributed by atoms with van der Waals surface area (Å²) < 4.78 is 1.01. The second kappa shape index (κ2) is 4.88. The smallest absolute Gasteiger partial charge is 0.261 e. The van der Waals surface area contributed by atoms with Gasteiger partial charge < -0.3 is 5.32 Å². The Bertz CT molecular complexity index is 379. The summed E-state index contributed by atoms with van der Waals surface area (Å²) in [4.78, 5) is 12.6. The lowest BCUT2D eigenvalue weighted by Crippen LogP contribution is -2.41. The van der Waals surface area contributed by atoms with Crippen LogP contribution in [0.4, 0.5) is 0 Å². The van der Waals surface area contributed by atoms with Crippen LogP contribution in [0.1, 0.15) is 42.3 Å². The van der Waals surface area contributed by atoms with E-state index in [1.807, 2.05) is 12.1 Å². The molecule has 0 saturated heterocycles. The van der Waals surface area contributed by atoms with Crippen molar-refractivity contribution in [3.63, 3.8) is 0 Å². The first-order valence-electron chi connectivity index (χ1n) is 5.69. The molecular weight excluding hydrogens is 286 g/mol. The molecule has 1 N–H and O–H groups in total. The van der Waals surface area contributed by atoms with Gasteiger partial charge in [-0.1, -0.05) is 13.3 Å². The number of amides is 1. The molecule has 4 heteroatoms. The molecule has 1 aliphatic carbocycles. The molecule has 0 atom stereocenters. The highest BCUT2D eigenvalue weighted by molar-refractivity contribution is 9.11. The zero-order valence-electron chi connectivity index (χ0n) is 9.38. The van der Waals surface area contributed by atoms with Gasteiger partial charge >= 0.3 is 0 Å². The van der Waals surface area contributed by atoms with Crippen molar-refractivity contribution in [2.75, 3.05) is 6.54 Å². The van der Waals surface area contributed by atoms with Crippen LogP contribution in [0, 0.1) is 5.41 Å². The highest BCUT2D eigenvalue weighted by Crippen LogP contribution is 2.43. The maximum Gasteiger partial charge on any atom is 0.261 e. The minimum absolute atomic E-state index is 0.0652. The number of hydrogen-bond donors (Lipinski definition) is 1. The van der Waals surface area contributed by atoms with Crippen molar-refractivity contribution in [3.8, 4) is 0 Å². The third-order valence-electron chi connectivity index (χ3n) is 3.59. The van der Waals surface area contributed by atoms with Crippen molar-refractivity contribution >= 4 is 33.2 Å². The summed E-state index contributed by atoms with van der Waals surface area (Å²) in [5, 5.41) is 3.06. The molecule has 0 unspecified atom stereocenters. The third kappa shape index (κ3) is 2.48. The molecule has 0 bridgehead atoms. The normalized spacial score (nSPS) is 17.9. The molecule has 2 nitrogen and oxygen atoms in total. The maximum atomic E-state index is 11.8. The molecule has 0 spiro atoms. The number of carbonyl (C=O) groups is 1. The van der Waals surface area contributed by atoms with E-state index in [0.717, 1.165) is 15.2 Å². The van der Waals surface area contributed by atoms with Crippen LogP contribution >= 0.6 is 27.3 Å². The van der Waals surface area contributed by atoms with Crippen molar-refractivity contribution < 1.29 is 4.79 Å². The summed E-state index contributed by atoms with van der Waals surface area (Å²) in [6.07, 6.45) is 5.01. The van der Waals surface area contributed by atoms with Gasteiger partial charge in [0, 0.05) is 6.54 Å². The van der Waals surface area contributed by atoms with Crippen LogP contribution < -0.4 is 5.32 Å². The summed E-state index contributed by atoms with van der Waals surface area (Å²) in [6.45, 7) is 3.05. The highest BCUT2D eigenvalue weighted by Gasteiger charge is 2.35. The second-order valence-electron chi connectivity index (χ2n) is 4.49. The summed E-state index contributed by atoms with van der Waals surface area (Å²) in [5.74, 6) is 0.0652. The van der Waals surface area contributed by atoms with E-state index in [-0.39, 0.29) is 5.91 Å². The number of thiophene rings is 1. The molecule has 1 heterocycles. The van der Waals surface area contributed by atoms with Gasteiger partial charge in [0.1, 0.15) is 0 Å². The molecule has 0 aliphatic heterocycles. The highest BCUT2D eigenvalue weighted by atomic mass is 79.9. The largest absolute Gasteiger partial charge is 0.351 e. The van der Waals surface area contributed by atoms with E-state index >= 15 is 0 Å². The van der Waals surface area contributed by atoms with Gasteiger partial charge in [-0.15, -0.1) is 11.3 Å². The van der Waals surface area contributed by atoms with Crippen LogP contribution in [0.5, 0.6) is 0 Å². The lowest BCUT2D eigenvalue weighted by Gasteiger charge is -2.41. The number of halogens is 1. The van der Waals surface area contributed by atoms with Crippen molar-refractivity contribution in [3.05, 3.63) is 20.8 Å². The number of hydrogen-bond acceptors (Lipinski definition) is 2. The van der Waals surface area contributed by atoms with E-state index in [4.69, 9.17) is 0 Å². The van der Waals surface area contributed by atoms with Crippen LogP contribution in [0.3, 0.4) is 0 Å². The first kappa shape index (κ1) is 12.1. The zero-order valence-corrected chi connectivity index (χ0v) is 11.8. The summed E-state index contributed by atoms with van der Waals surface area (Å²) in [6, 6.07) is 3.78. The van der Waals surface area contributed by atoms with Crippen LogP contribution in [0.2, 0.25) is 0 Å². The minimum atomic E-state index is 0.0652. The third-order valence-corrected chi connectivity index (χ3v) is 5.21. The van der Waals surface area contributed by atoms with Crippen molar-refractivity contribution in [2.45, 2.75) is 32.6 Å². The van der Waals surface area contributed by atoms with Gasteiger partial charge in [-0.25, -0.2) is 0 Å². The lowest BCUT2D eigenvalue weighted by molar-refractivity contribution is 0.0854. The summed E-state index contributed by atoms with van der Waals surface area (Å²) in [7, 11) is 0. The average molecular weight is 302 g/mol. The number of rotatable bonds is 4. The summed E-state index contributed by atoms with van der Waals surface area (Å²) >= 11 is 4.85. The van der Waals surface area contributed by atoms with Gasteiger partial charge in [0.15, 0.2) is 0 Å². The molecule has 1 aromatic rings. The monoisotopic (exact) mass is 301 g/mol. The van der Waals surface area contributed by atoms with Crippen molar-refractivity contribution in [1.29, 1.82) is 0 Å². The Balaban J connectivity index is 1.88. The predicted molar refractivity (Wildman–Crippen MR) is 70.9 cm³/mol. The van der Waals surface area contributed by atoms with E-state index in [1.54, 1.807) is 0 Å². The minimum Gasteiger partial charge on any atom is -0.351 e. The fraction of sp³-hybridized carbons (Fsp3) is 0.583. The molecular formula is C12H16BrNOS. The molecule has 0 radical (unpaired) electrons. The fourth-order valence-corrected chi connectivity index (χ4v) is 3.43. The first-order chi connectivity index (χ1) is 7.65. The number of carbonyl (C=O) groups excluding carboxylic acids is 1. The first-order valence-corrected chi connectivity index (χ1v) is 7.30. The standard InChI is InChI=1S/C12H16BrNOS/c1-2-12(6-3-7-12)8-14-11(15)9-4-5-10(13)16-9/h4-5H,2-3,6-8H2,1H3,(H,14,15). The molecule has 1 saturated carbocycles. The molecule has 1 aliphatic rings. The van der Waals surface area contributed by atoms with E-state index in [1.165, 1.54) is 37.0 Å². The molecule has 88 valence electrons. The van der Waals surface area contributed by atoms with E-state index in [9.17, 15) is 4.79 Å². The van der Waals surface area contributed by atoms with Crippen LogP contribution in [-0.4, -0.2) is 12.5 Å². The topological polar surface area (TPSA) is 29.1 Å². The second-order valence-corrected chi connectivity index (χ2v) is 6.96. The predicted octanol–water partition coefficient (Wildman–Crippen LogP) is 3.82. The van der Waals surface area contributed by atoms with Crippen molar-refractivity contribution in [1.82, 2.24) is 5.32 Å². The van der Waals surface area contributed by atoms with Crippen LogP contribution in [0.15, 0.2) is 15.9 Å². The fourth-order valence-electron chi connectivity index (χ4n) is 2.12. The Hall–Kier alpha value is -0.350. The Morgan fingerprint density at radius 2 is 2.31 bits per heavy atom. The molecule has 1 fully saturated rings. The zero-order chi connectivity index (χ0) is 11.6. The quantitative estimate of drug-likeness (QED) is 0.900. The van der Waals surface area contributed by atoms with Gasteiger partial charge in [-0.3, -0.25) is 4.79 Å². The SMILES string of the molecule is CCC1(CNC(=O)c2ccc(Br)s2)CCC1. The lowest BCUT2D eigenvalue weighted by atomic mass is 9.67. The Labute approximate surface area is 109 Å². The van der Waals surface area contributed by atoms with Crippen LogP contribution in [0.25, 0.3) is 0 Å². The molecule has 1 aromatic heterocycles. The van der Waals surface area contributed by atoms with E-state index < -0.39 is 0 Å². The Morgan fingerprint density at radius 3 is 2.75 bits per heavy atom.